The highest BCUT2D eigenvalue weighted by molar-refractivity contribution is 9.28. The first-order valence-corrected chi connectivity index (χ1v) is 18.5. The van der Waals surface area contributed by atoms with Crippen molar-refractivity contribution in [3.63, 3.8) is 0 Å². The molecule has 0 aliphatic heterocycles. The Kier molecular flexibility index (Phi) is 14.4. The van der Waals surface area contributed by atoms with Gasteiger partial charge < -0.3 is 14.0 Å². The van der Waals surface area contributed by atoms with E-state index in [0.717, 1.165) is 3.39 Å². The molecule has 7 heteroatoms. The largest absolute Gasteiger partial charge is 0.414 e. The number of hydrogen-bond acceptors (Lipinski definition) is 3. The van der Waals surface area contributed by atoms with Crippen LogP contribution >= 0.6 is 31.9 Å². The summed E-state index contributed by atoms with van der Waals surface area (Å²) in [5.41, 5.74) is 0. The lowest BCUT2D eigenvalue weighted by Crippen LogP contribution is -2.45. The first-order chi connectivity index (χ1) is 13.1. The normalized spacial score (nSPS) is 17.4. The molecule has 0 saturated carbocycles. The zero-order valence-electron chi connectivity index (χ0n) is 22.1. The summed E-state index contributed by atoms with van der Waals surface area (Å²) in [5.74, 6) is 0.631. The van der Waals surface area contributed by atoms with E-state index in [4.69, 9.17) is 14.0 Å². The van der Waals surface area contributed by atoms with E-state index in [1.807, 2.05) is 6.92 Å². The molecule has 0 aromatic rings. The van der Waals surface area contributed by atoms with Crippen LogP contribution in [0.1, 0.15) is 69.2 Å². The molecule has 0 rings (SSSR count). The van der Waals surface area contributed by atoms with E-state index < -0.39 is 16.6 Å². The molecule has 0 saturated heterocycles. The molecular weight excluding hydrogens is 540 g/mol. The zero-order valence-corrected chi connectivity index (χ0v) is 27.3. The number of hydrogen-bond donors (Lipinski definition) is 1. The van der Waals surface area contributed by atoms with E-state index in [1.165, 1.54) is 0 Å². The summed E-state index contributed by atoms with van der Waals surface area (Å²) in [4.78, 5) is 0. The minimum Gasteiger partial charge on any atom is -0.414 e. The predicted molar refractivity (Wildman–Crippen MR) is 147 cm³/mol. The van der Waals surface area contributed by atoms with Gasteiger partial charge in [-0.1, -0.05) is 61.5 Å². The number of rotatable bonds is 8. The van der Waals surface area contributed by atoms with Crippen molar-refractivity contribution in [2.24, 2.45) is 11.8 Å². The fourth-order valence-electron chi connectivity index (χ4n) is 1.99. The Balaban J connectivity index is 0. The summed E-state index contributed by atoms with van der Waals surface area (Å²) in [6.07, 6.45) is 2.55. The predicted octanol–water partition coefficient (Wildman–Crippen LogP) is 8.69. The standard InChI is InChI=1S/C12H24Br2OSi.C11H26O2Si/c1-9(8-11(13)14)10(2)15-16(6,7)12(3,4)5;1-9(8-12)10(2)13-14(6,7)11(3,4)5/h8-10H,1-7H3;9-10,12H,8H2,1-7H3/t2*9?,10-/m00/s1. The quantitative estimate of drug-likeness (QED) is 0.288. The van der Waals surface area contributed by atoms with Crippen LogP contribution in [-0.2, 0) is 8.85 Å². The third-order valence-electron chi connectivity index (χ3n) is 6.79. The molecule has 0 radical (unpaired) electrons. The van der Waals surface area contributed by atoms with Crippen LogP contribution in [0.2, 0.25) is 36.3 Å². The van der Waals surface area contributed by atoms with Crippen LogP contribution in [0.15, 0.2) is 9.47 Å². The third kappa shape index (κ3) is 12.3. The van der Waals surface area contributed by atoms with Gasteiger partial charge in [0.1, 0.15) is 0 Å². The summed E-state index contributed by atoms with van der Waals surface area (Å²) in [6.45, 7) is 31.2. The highest BCUT2D eigenvalue weighted by Crippen LogP contribution is 2.39. The summed E-state index contributed by atoms with van der Waals surface area (Å²) < 4.78 is 13.4. The van der Waals surface area contributed by atoms with Crippen LogP contribution in [0.4, 0.5) is 0 Å². The topological polar surface area (TPSA) is 38.7 Å². The summed E-state index contributed by atoms with van der Waals surface area (Å²) in [7, 11) is -3.30. The highest BCUT2D eigenvalue weighted by atomic mass is 79.9. The molecule has 0 amide bonds. The molecule has 2 unspecified atom stereocenters. The smallest absolute Gasteiger partial charge is 0.192 e. The highest BCUT2D eigenvalue weighted by Gasteiger charge is 2.39. The molecule has 0 fully saturated rings. The van der Waals surface area contributed by atoms with Gasteiger partial charge in [0.25, 0.3) is 0 Å². The molecule has 30 heavy (non-hydrogen) atoms. The van der Waals surface area contributed by atoms with Crippen molar-refractivity contribution in [2.75, 3.05) is 6.61 Å². The van der Waals surface area contributed by atoms with Gasteiger partial charge in [0.05, 0.1) is 3.39 Å². The van der Waals surface area contributed by atoms with Crippen molar-refractivity contribution < 1.29 is 14.0 Å². The van der Waals surface area contributed by atoms with Crippen molar-refractivity contribution in [3.05, 3.63) is 9.47 Å². The monoisotopic (exact) mass is 588 g/mol. The van der Waals surface area contributed by atoms with Gasteiger partial charge in [-0.25, -0.2) is 0 Å². The molecule has 3 nitrogen and oxygen atoms in total. The summed E-state index contributed by atoms with van der Waals surface area (Å²) in [5, 5.41) is 9.56. The minimum atomic E-state index is -1.66. The van der Waals surface area contributed by atoms with Gasteiger partial charge in [-0.15, -0.1) is 0 Å². The maximum absolute atomic E-state index is 9.04. The minimum absolute atomic E-state index is 0.154. The van der Waals surface area contributed by atoms with Gasteiger partial charge in [-0.05, 0) is 82.0 Å². The molecule has 0 aromatic carbocycles. The van der Waals surface area contributed by atoms with Gasteiger partial charge >= 0.3 is 0 Å². The Bertz CT molecular complexity index is 520. The molecule has 0 heterocycles. The first-order valence-electron chi connectivity index (χ1n) is 11.1. The summed E-state index contributed by atoms with van der Waals surface area (Å²) >= 11 is 6.79. The molecule has 1 N–H and O–H groups in total. The SMILES string of the molecule is CC(C=C(Br)Br)[C@H](C)O[Si](C)(C)C(C)(C)C.CC(CO)[C@H](C)O[Si](C)(C)C(C)(C)C. The number of halogens is 2. The van der Waals surface area contributed by atoms with Gasteiger partial charge in [0.2, 0.25) is 0 Å². The second-order valence-corrected chi connectivity index (χ2v) is 23.9. The Morgan fingerprint density at radius 3 is 1.40 bits per heavy atom. The lowest BCUT2D eigenvalue weighted by molar-refractivity contribution is 0.0984. The third-order valence-corrected chi connectivity index (χ3v) is 16.5. The van der Waals surface area contributed by atoms with E-state index in [0.29, 0.717) is 5.92 Å². The Labute approximate surface area is 207 Å². The molecule has 0 aliphatic carbocycles. The molecule has 0 aliphatic rings. The van der Waals surface area contributed by atoms with Crippen LogP contribution in [0.25, 0.3) is 0 Å². The van der Waals surface area contributed by atoms with E-state index >= 15 is 0 Å². The van der Waals surface area contributed by atoms with Gasteiger partial charge in [-0.3, -0.25) is 0 Å². The Morgan fingerprint density at radius 1 is 0.800 bits per heavy atom. The van der Waals surface area contributed by atoms with Gasteiger partial charge in [0.15, 0.2) is 16.6 Å². The Morgan fingerprint density at radius 2 is 1.13 bits per heavy atom. The lowest BCUT2D eigenvalue weighted by Gasteiger charge is -2.39. The van der Waals surface area contributed by atoms with Crippen LogP contribution in [0.5, 0.6) is 0 Å². The average molecular weight is 591 g/mol. The molecule has 0 bridgehead atoms. The fraction of sp³-hybridized carbons (Fsp3) is 0.913. The van der Waals surface area contributed by atoms with E-state index in [1.54, 1.807) is 0 Å². The zero-order chi connectivity index (χ0) is 24.7. The van der Waals surface area contributed by atoms with Crippen LogP contribution in [0, 0.1) is 11.8 Å². The van der Waals surface area contributed by atoms with E-state index in [-0.39, 0.29) is 34.8 Å². The molecule has 0 spiro atoms. The number of aliphatic hydroxyl groups excluding tert-OH is 1. The second kappa shape index (κ2) is 13.0. The fourth-order valence-corrected chi connectivity index (χ4v) is 5.84. The van der Waals surface area contributed by atoms with E-state index in [2.05, 4.69) is 126 Å². The molecule has 182 valence electrons. The molecule has 4 atom stereocenters. The Hall–Kier alpha value is 1.01. The lowest BCUT2D eigenvalue weighted by atomic mass is 10.1. The van der Waals surface area contributed by atoms with Crippen molar-refractivity contribution >= 4 is 48.5 Å². The van der Waals surface area contributed by atoms with Crippen molar-refractivity contribution in [1.82, 2.24) is 0 Å². The van der Waals surface area contributed by atoms with Gasteiger partial charge in [-0.2, -0.15) is 0 Å². The number of aliphatic hydroxyl groups is 1. The van der Waals surface area contributed by atoms with Crippen LogP contribution < -0.4 is 0 Å². The average Bonchev–Trinajstić information content (AvgIpc) is 2.50. The van der Waals surface area contributed by atoms with Crippen LogP contribution in [-0.4, -0.2) is 40.6 Å². The van der Waals surface area contributed by atoms with Crippen molar-refractivity contribution in [1.29, 1.82) is 0 Å². The first kappa shape index (κ1) is 33.2. The van der Waals surface area contributed by atoms with Crippen molar-refractivity contribution in [3.8, 4) is 0 Å². The summed E-state index contributed by atoms with van der Waals surface area (Å²) in [6, 6.07) is 0. The maximum atomic E-state index is 9.04. The maximum Gasteiger partial charge on any atom is 0.192 e. The molecular formula is C23H50Br2O3Si2. The van der Waals surface area contributed by atoms with Gasteiger partial charge in [0, 0.05) is 30.7 Å². The van der Waals surface area contributed by atoms with E-state index in [9.17, 15) is 0 Å². The van der Waals surface area contributed by atoms with Crippen molar-refractivity contribution in [2.45, 2.75) is 118 Å². The second-order valence-electron chi connectivity index (χ2n) is 11.6. The molecule has 0 aromatic heterocycles. The van der Waals surface area contributed by atoms with Crippen LogP contribution in [0.3, 0.4) is 0 Å².